The maximum atomic E-state index is 12.0. The van der Waals surface area contributed by atoms with Crippen LogP contribution in [0.2, 0.25) is 0 Å². The molecule has 29 heavy (non-hydrogen) atoms. The van der Waals surface area contributed by atoms with Gasteiger partial charge in [0.15, 0.2) is 6.61 Å². The highest BCUT2D eigenvalue weighted by molar-refractivity contribution is 5.83. The summed E-state index contributed by atoms with van der Waals surface area (Å²) in [6.07, 6.45) is 6.32. The Morgan fingerprint density at radius 3 is 2.59 bits per heavy atom. The molecule has 2 heterocycles. The largest absolute Gasteiger partial charge is 0.497 e. The van der Waals surface area contributed by atoms with Crippen molar-refractivity contribution in [2.75, 3.05) is 31.7 Å². The smallest absolute Gasteiger partial charge is 0.278 e. The molecule has 1 aromatic heterocycles. The topological polar surface area (TPSA) is 88.9 Å². The Morgan fingerprint density at radius 1 is 1.17 bits per heavy atom. The van der Waals surface area contributed by atoms with Crippen LogP contribution < -0.4 is 19.8 Å². The lowest BCUT2D eigenvalue weighted by atomic mass is 10.2. The summed E-state index contributed by atoms with van der Waals surface area (Å²) in [5.41, 5.74) is 4.11. The molecule has 1 fully saturated rings. The van der Waals surface area contributed by atoms with Crippen molar-refractivity contribution < 1.29 is 14.3 Å². The van der Waals surface area contributed by atoms with E-state index < -0.39 is 0 Å². The number of benzene rings is 1. The van der Waals surface area contributed by atoms with Crippen LogP contribution in [0.5, 0.6) is 11.6 Å². The van der Waals surface area contributed by atoms with Crippen LogP contribution in [0.3, 0.4) is 0 Å². The van der Waals surface area contributed by atoms with Crippen molar-refractivity contribution in [2.45, 2.75) is 32.6 Å². The Labute approximate surface area is 171 Å². The molecular formula is C21H27N5O3. The lowest BCUT2D eigenvalue weighted by Crippen LogP contribution is -2.27. The number of carbonyl (C=O) groups excluding carboxylic acids is 1. The molecule has 1 saturated heterocycles. The predicted octanol–water partition coefficient (Wildman–Crippen LogP) is 2.70. The summed E-state index contributed by atoms with van der Waals surface area (Å²) < 4.78 is 10.7. The monoisotopic (exact) mass is 397 g/mol. The van der Waals surface area contributed by atoms with Crippen molar-refractivity contribution in [1.82, 2.24) is 15.4 Å². The van der Waals surface area contributed by atoms with Crippen LogP contribution in [0.4, 0.5) is 5.95 Å². The zero-order valence-corrected chi connectivity index (χ0v) is 16.9. The molecule has 0 atom stereocenters. The van der Waals surface area contributed by atoms with E-state index in [9.17, 15) is 4.79 Å². The minimum Gasteiger partial charge on any atom is -0.497 e. The van der Waals surface area contributed by atoms with Crippen LogP contribution in [-0.2, 0) is 4.79 Å². The van der Waals surface area contributed by atoms with Crippen LogP contribution in [0, 0.1) is 6.92 Å². The van der Waals surface area contributed by atoms with Crippen LogP contribution in [0.25, 0.3) is 0 Å². The SMILES string of the molecule is COc1ccc(C=NNC(=O)COc2cc(C)nc(N3CCCCCC3)n2)cc1. The Bertz CT molecular complexity index is 831. The number of aromatic nitrogens is 2. The normalized spacial score (nSPS) is 14.5. The number of hydrogen-bond acceptors (Lipinski definition) is 7. The molecule has 1 aliphatic rings. The second-order valence-electron chi connectivity index (χ2n) is 6.90. The number of nitrogens with zero attached hydrogens (tertiary/aromatic N) is 4. The lowest BCUT2D eigenvalue weighted by Gasteiger charge is -2.20. The fraction of sp³-hybridized carbons (Fsp3) is 0.429. The van der Waals surface area contributed by atoms with Gasteiger partial charge in [0.1, 0.15) is 5.75 Å². The van der Waals surface area contributed by atoms with Gasteiger partial charge in [-0.2, -0.15) is 10.1 Å². The number of carbonyl (C=O) groups is 1. The minimum absolute atomic E-state index is 0.171. The molecule has 0 aliphatic carbocycles. The molecule has 0 spiro atoms. The molecule has 0 radical (unpaired) electrons. The standard InChI is InChI=1S/C21H27N5O3/c1-16-13-20(24-21(23-16)26-11-5-3-4-6-12-26)29-15-19(27)25-22-14-17-7-9-18(28-2)10-8-17/h7-10,13-14H,3-6,11-12,15H2,1-2H3,(H,25,27). The highest BCUT2D eigenvalue weighted by Crippen LogP contribution is 2.19. The minimum atomic E-state index is -0.359. The molecule has 0 unspecified atom stereocenters. The van der Waals surface area contributed by atoms with E-state index >= 15 is 0 Å². The fourth-order valence-corrected chi connectivity index (χ4v) is 3.05. The van der Waals surface area contributed by atoms with Crippen molar-refractivity contribution in [3.8, 4) is 11.6 Å². The number of rotatable bonds is 7. The van der Waals surface area contributed by atoms with E-state index in [0.29, 0.717) is 11.8 Å². The first-order valence-corrected chi connectivity index (χ1v) is 9.83. The van der Waals surface area contributed by atoms with Gasteiger partial charge in [-0.1, -0.05) is 12.8 Å². The fourth-order valence-electron chi connectivity index (χ4n) is 3.05. The zero-order valence-electron chi connectivity index (χ0n) is 16.9. The van der Waals surface area contributed by atoms with Crippen LogP contribution in [0.1, 0.15) is 36.9 Å². The van der Waals surface area contributed by atoms with Crippen molar-refractivity contribution in [3.05, 3.63) is 41.6 Å². The third-order valence-corrected chi connectivity index (χ3v) is 4.58. The first-order chi connectivity index (χ1) is 14.1. The molecule has 154 valence electrons. The zero-order chi connectivity index (χ0) is 20.5. The van der Waals surface area contributed by atoms with Crippen molar-refractivity contribution in [1.29, 1.82) is 0 Å². The quantitative estimate of drug-likeness (QED) is 0.571. The number of hydrazone groups is 1. The summed E-state index contributed by atoms with van der Waals surface area (Å²) in [4.78, 5) is 23.2. The maximum absolute atomic E-state index is 12.0. The van der Waals surface area contributed by atoms with Crippen molar-refractivity contribution in [3.63, 3.8) is 0 Å². The van der Waals surface area contributed by atoms with Gasteiger partial charge < -0.3 is 14.4 Å². The van der Waals surface area contributed by atoms with Gasteiger partial charge in [0.2, 0.25) is 11.8 Å². The van der Waals surface area contributed by atoms with Gasteiger partial charge in [-0.25, -0.2) is 10.4 Å². The number of hydrogen-bond donors (Lipinski definition) is 1. The highest BCUT2D eigenvalue weighted by atomic mass is 16.5. The molecule has 1 aromatic carbocycles. The van der Waals surface area contributed by atoms with Crippen LogP contribution in [0.15, 0.2) is 35.4 Å². The maximum Gasteiger partial charge on any atom is 0.278 e. The summed E-state index contributed by atoms with van der Waals surface area (Å²) in [6, 6.07) is 9.07. The first-order valence-electron chi connectivity index (χ1n) is 9.83. The van der Waals surface area contributed by atoms with Gasteiger partial charge in [0.25, 0.3) is 5.91 Å². The Kier molecular flexibility index (Phi) is 7.38. The second kappa shape index (κ2) is 10.4. The van der Waals surface area contributed by atoms with Gasteiger partial charge in [-0.3, -0.25) is 4.79 Å². The number of nitrogens with one attached hydrogen (secondary N) is 1. The molecule has 1 N–H and O–H groups in total. The molecule has 1 aliphatic heterocycles. The average molecular weight is 397 g/mol. The summed E-state index contributed by atoms with van der Waals surface area (Å²) >= 11 is 0. The van der Waals surface area contributed by atoms with E-state index in [2.05, 4.69) is 25.4 Å². The number of methoxy groups -OCH3 is 1. The number of aryl methyl sites for hydroxylation is 1. The van der Waals surface area contributed by atoms with Crippen LogP contribution >= 0.6 is 0 Å². The van der Waals surface area contributed by atoms with E-state index in [4.69, 9.17) is 9.47 Å². The lowest BCUT2D eigenvalue weighted by molar-refractivity contribution is -0.123. The number of amides is 1. The predicted molar refractivity (Wildman–Crippen MR) is 112 cm³/mol. The number of ether oxygens (including phenoxy) is 2. The summed E-state index contributed by atoms with van der Waals surface area (Å²) in [6.45, 7) is 3.62. The Morgan fingerprint density at radius 2 is 1.90 bits per heavy atom. The van der Waals surface area contributed by atoms with Crippen molar-refractivity contribution >= 4 is 18.1 Å². The van der Waals surface area contributed by atoms with Gasteiger partial charge in [0, 0.05) is 24.8 Å². The Hall–Kier alpha value is -3.16. The molecule has 3 rings (SSSR count). The van der Waals surface area contributed by atoms with E-state index in [1.54, 1.807) is 19.4 Å². The molecule has 1 amide bonds. The van der Waals surface area contributed by atoms with Crippen LogP contribution in [-0.4, -0.2) is 48.9 Å². The molecule has 0 saturated carbocycles. The van der Waals surface area contributed by atoms with E-state index in [1.807, 2.05) is 31.2 Å². The van der Waals surface area contributed by atoms with Gasteiger partial charge in [-0.15, -0.1) is 0 Å². The van der Waals surface area contributed by atoms with E-state index in [1.165, 1.54) is 12.8 Å². The molecule has 8 nitrogen and oxygen atoms in total. The highest BCUT2D eigenvalue weighted by Gasteiger charge is 2.14. The molecular weight excluding hydrogens is 370 g/mol. The third kappa shape index (κ3) is 6.44. The summed E-state index contributed by atoms with van der Waals surface area (Å²) in [7, 11) is 1.61. The summed E-state index contributed by atoms with van der Waals surface area (Å²) in [5, 5.41) is 3.94. The first kappa shape index (κ1) is 20.6. The average Bonchev–Trinajstić information content (AvgIpc) is 3.02. The van der Waals surface area contributed by atoms with Gasteiger partial charge in [-0.05, 0) is 49.6 Å². The van der Waals surface area contributed by atoms with E-state index in [0.717, 1.165) is 42.9 Å². The van der Waals surface area contributed by atoms with Gasteiger partial charge >= 0.3 is 0 Å². The van der Waals surface area contributed by atoms with E-state index in [-0.39, 0.29) is 12.5 Å². The molecule has 8 heteroatoms. The summed E-state index contributed by atoms with van der Waals surface area (Å²) in [5.74, 6) is 1.47. The number of anilines is 1. The van der Waals surface area contributed by atoms with Crippen molar-refractivity contribution in [2.24, 2.45) is 5.10 Å². The van der Waals surface area contributed by atoms with Gasteiger partial charge in [0.05, 0.1) is 13.3 Å². The molecule has 0 bridgehead atoms. The molecule has 2 aromatic rings. The third-order valence-electron chi connectivity index (χ3n) is 4.58. The second-order valence-corrected chi connectivity index (χ2v) is 6.90. The Balaban J connectivity index is 1.52.